The van der Waals surface area contributed by atoms with Crippen LogP contribution < -0.4 is 34.9 Å². The molecule has 5 rings (SSSR count). The van der Waals surface area contributed by atoms with E-state index < -0.39 is 22.0 Å². The summed E-state index contributed by atoms with van der Waals surface area (Å²) in [6.45, 7) is 6.45. The van der Waals surface area contributed by atoms with Crippen molar-refractivity contribution in [2.75, 3.05) is 48.9 Å². The number of aromatic nitrogens is 1. The number of rotatable bonds is 19. The molecule has 0 fully saturated rings. The minimum absolute atomic E-state index is 0.0151. The van der Waals surface area contributed by atoms with Gasteiger partial charge < -0.3 is 35.3 Å². The van der Waals surface area contributed by atoms with Crippen molar-refractivity contribution in [3.05, 3.63) is 107 Å². The molecule has 2 amide bonds. The Morgan fingerprint density at radius 1 is 0.797 bits per heavy atom. The van der Waals surface area contributed by atoms with Gasteiger partial charge in [0.25, 0.3) is 0 Å². The molecule has 4 aromatic carbocycles. The molecule has 5 N–H and O–H groups in total. The van der Waals surface area contributed by atoms with Gasteiger partial charge >= 0.3 is 12.0 Å². The number of carbonyl (C=O) groups excluding carboxylic acids is 2. The van der Waals surface area contributed by atoms with Crippen LogP contribution in [0.25, 0.3) is 10.8 Å². The Morgan fingerprint density at radius 2 is 1.53 bits per heavy atom. The molecule has 0 aliphatic rings. The largest absolute Gasteiger partial charge is 0.496 e. The first-order valence-corrected chi connectivity index (χ1v) is 21.0. The van der Waals surface area contributed by atoms with Gasteiger partial charge in [0.05, 0.1) is 49.6 Å². The summed E-state index contributed by atoms with van der Waals surface area (Å²) < 4.78 is 44.4. The number of carboxylic acid groups (broad SMARTS) is 1. The number of unbranched alkanes of at least 4 members (excludes halogenated alkanes) is 2. The maximum Gasteiger partial charge on any atom is 0.323 e. The molecule has 0 spiro atoms. The molecule has 15 heteroatoms. The molecule has 0 bridgehead atoms. The number of ketones is 1. The molecule has 312 valence electrons. The van der Waals surface area contributed by atoms with Gasteiger partial charge in [-0.25, -0.2) is 13.2 Å². The monoisotopic (exact) mass is 825 g/mol. The lowest BCUT2D eigenvalue weighted by Crippen LogP contribution is -2.23. The number of sulfonamides is 1. The Bertz CT molecular complexity index is 2430. The number of carbonyl (C=O) groups is 3. The number of carboxylic acids is 1. The summed E-state index contributed by atoms with van der Waals surface area (Å²) in [7, 11) is -0.709. The highest BCUT2D eigenvalue weighted by Gasteiger charge is 2.23. The van der Waals surface area contributed by atoms with E-state index in [4.69, 9.17) is 19.3 Å². The lowest BCUT2D eigenvalue weighted by Gasteiger charge is -2.24. The molecule has 0 aliphatic carbocycles. The SMILES string of the molecule is COc1cc(Cc2cc(Oc3ccc(NC(=O)Nc4cc(C(C)(C)C)cc(NS(C)(=O)=O)c4OC)c4ccccc34)ccn2)ccc1C(=O)CCCCCNCC(=O)O. The minimum Gasteiger partial charge on any atom is -0.496 e. The topological polar surface area (TPSA) is 194 Å². The predicted octanol–water partition coefficient (Wildman–Crippen LogP) is 8.37. The van der Waals surface area contributed by atoms with E-state index in [9.17, 15) is 22.8 Å². The average molecular weight is 826 g/mol. The molecular weight excluding hydrogens is 775 g/mol. The molecule has 0 saturated carbocycles. The second-order valence-corrected chi connectivity index (χ2v) is 16.8. The number of pyridine rings is 1. The molecule has 5 aromatic rings. The number of fused-ring (bicyclic) bond motifs is 1. The van der Waals surface area contributed by atoms with Gasteiger partial charge in [-0.2, -0.15) is 0 Å². The van der Waals surface area contributed by atoms with Crippen molar-refractivity contribution in [2.24, 2.45) is 0 Å². The van der Waals surface area contributed by atoms with Crippen LogP contribution in [0.15, 0.2) is 85.1 Å². The number of nitrogens with zero attached hydrogens (tertiary/aromatic N) is 1. The number of methoxy groups -OCH3 is 2. The number of urea groups is 1. The normalized spacial score (nSPS) is 11.5. The Morgan fingerprint density at radius 3 is 2.22 bits per heavy atom. The van der Waals surface area contributed by atoms with Crippen LogP contribution >= 0.6 is 0 Å². The molecular formula is C44H51N5O9S. The zero-order chi connectivity index (χ0) is 42.7. The third kappa shape index (κ3) is 12.4. The summed E-state index contributed by atoms with van der Waals surface area (Å²) in [5, 5.41) is 18.8. The summed E-state index contributed by atoms with van der Waals surface area (Å²) in [4.78, 5) is 41.7. The molecule has 0 radical (unpaired) electrons. The van der Waals surface area contributed by atoms with Crippen molar-refractivity contribution in [2.45, 2.75) is 58.3 Å². The molecule has 1 aromatic heterocycles. The lowest BCUT2D eigenvalue weighted by molar-refractivity contribution is -0.135. The fraction of sp³-hybridized carbons (Fsp3) is 0.318. The molecule has 0 unspecified atom stereocenters. The summed E-state index contributed by atoms with van der Waals surface area (Å²) in [6, 6.07) is 23.0. The maximum absolute atomic E-state index is 13.5. The molecule has 0 saturated heterocycles. The summed E-state index contributed by atoms with van der Waals surface area (Å²) in [5.74, 6) is 0.858. The van der Waals surface area contributed by atoms with Crippen molar-refractivity contribution < 1.29 is 42.1 Å². The number of aliphatic carboxylic acids is 1. The number of benzene rings is 4. The average Bonchev–Trinajstić information content (AvgIpc) is 3.17. The highest BCUT2D eigenvalue weighted by atomic mass is 32.2. The van der Waals surface area contributed by atoms with Crippen molar-refractivity contribution in [3.8, 4) is 23.0 Å². The fourth-order valence-corrected chi connectivity index (χ4v) is 7.02. The standard InChI is InChI=1S/C44H51N5O9S/c1-44(2,3)29-24-36(42(57-5)37(25-29)49-59(6,54)55)48-43(53)47-35-17-18-39(33-13-10-9-12-32(33)35)58-31-19-21-46-30(26-31)22-28-15-16-34(40(23-28)56-4)38(50)14-8-7-11-20-45-27-41(51)52/h9-10,12-13,15-19,21,23-26,45,49H,7-8,11,14,20,22,27H2,1-6H3,(H,51,52)(H2,47,48,53). The summed E-state index contributed by atoms with van der Waals surface area (Å²) in [6.07, 6.45) is 5.81. The van der Waals surface area contributed by atoms with Gasteiger partial charge in [0.15, 0.2) is 11.5 Å². The van der Waals surface area contributed by atoms with Gasteiger partial charge in [0, 0.05) is 41.6 Å². The Balaban J connectivity index is 1.28. The smallest absolute Gasteiger partial charge is 0.323 e. The van der Waals surface area contributed by atoms with Gasteiger partial charge in [0.1, 0.15) is 17.2 Å². The second kappa shape index (κ2) is 19.5. The van der Waals surface area contributed by atoms with Crippen LogP contribution in [-0.2, 0) is 26.7 Å². The lowest BCUT2D eigenvalue weighted by atomic mass is 9.86. The zero-order valence-corrected chi connectivity index (χ0v) is 34.9. The quantitative estimate of drug-likeness (QED) is 0.0397. The van der Waals surface area contributed by atoms with E-state index in [0.717, 1.165) is 46.7 Å². The van der Waals surface area contributed by atoms with Crippen LogP contribution in [0.2, 0.25) is 0 Å². The van der Waals surface area contributed by atoms with Crippen LogP contribution in [0, 0.1) is 0 Å². The van der Waals surface area contributed by atoms with Crippen molar-refractivity contribution in [3.63, 3.8) is 0 Å². The Labute approximate surface area is 344 Å². The first-order chi connectivity index (χ1) is 28.0. The first kappa shape index (κ1) is 43.9. The van der Waals surface area contributed by atoms with E-state index in [0.29, 0.717) is 54.3 Å². The summed E-state index contributed by atoms with van der Waals surface area (Å²) in [5.41, 5.74) is 3.57. The number of hydrogen-bond acceptors (Lipinski definition) is 10. The van der Waals surface area contributed by atoms with Crippen molar-refractivity contribution >= 4 is 55.6 Å². The number of hydrogen-bond donors (Lipinski definition) is 5. The maximum atomic E-state index is 13.5. The predicted molar refractivity (Wildman–Crippen MR) is 230 cm³/mol. The number of Topliss-reactive ketones (excluding diaryl/α,β-unsaturated/α-hetero) is 1. The summed E-state index contributed by atoms with van der Waals surface area (Å²) >= 11 is 0. The minimum atomic E-state index is -3.65. The third-order valence-electron chi connectivity index (χ3n) is 9.34. The van der Waals surface area contributed by atoms with Gasteiger partial charge in [-0.05, 0) is 78.4 Å². The van der Waals surface area contributed by atoms with E-state index in [1.807, 2.05) is 63.2 Å². The second-order valence-electron chi connectivity index (χ2n) is 15.1. The van der Waals surface area contributed by atoms with E-state index in [2.05, 4.69) is 25.7 Å². The number of amides is 2. The van der Waals surface area contributed by atoms with Gasteiger partial charge in [-0.3, -0.25) is 19.3 Å². The number of nitrogens with one attached hydrogen (secondary N) is 4. The molecule has 0 atom stereocenters. The number of anilines is 3. The van der Waals surface area contributed by atoms with Gasteiger partial charge in [0.2, 0.25) is 10.0 Å². The fourth-order valence-electron chi connectivity index (χ4n) is 6.47. The van der Waals surface area contributed by atoms with E-state index in [1.165, 1.54) is 14.2 Å². The highest BCUT2D eigenvalue weighted by molar-refractivity contribution is 7.92. The van der Waals surface area contributed by atoms with Crippen LogP contribution in [0.4, 0.5) is 21.9 Å². The molecule has 14 nitrogen and oxygen atoms in total. The molecule has 0 aliphatic heterocycles. The van der Waals surface area contributed by atoms with Gasteiger partial charge in [-0.1, -0.05) is 57.5 Å². The number of ether oxygens (including phenoxy) is 3. The van der Waals surface area contributed by atoms with E-state index in [1.54, 1.807) is 42.6 Å². The van der Waals surface area contributed by atoms with E-state index >= 15 is 0 Å². The van der Waals surface area contributed by atoms with Crippen LogP contribution in [0.1, 0.15) is 73.6 Å². The first-order valence-electron chi connectivity index (χ1n) is 19.1. The van der Waals surface area contributed by atoms with Crippen LogP contribution in [0.3, 0.4) is 0 Å². The Hall–Kier alpha value is -6.19. The van der Waals surface area contributed by atoms with Crippen LogP contribution in [0.5, 0.6) is 23.0 Å². The van der Waals surface area contributed by atoms with Crippen LogP contribution in [-0.4, -0.2) is 69.9 Å². The van der Waals surface area contributed by atoms with Crippen molar-refractivity contribution in [1.82, 2.24) is 10.3 Å². The third-order valence-corrected chi connectivity index (χ3v) is 9.93. The zero-order valence-electron chi connectivity index (χ0n) is 34.1. The van der Waals surface area contributed by atoms with Crippen molar-refractivity contribution in [1.29, 1.82) is 0 Å². The van der Waals surface area contributed by atoms with E-state index in [-0.39, 0.29) is 34.9 Å². The molecule has 59 heavy (non-hydrogen) atoms. The highest BCUT2D eigenvalue weighted by Crippen LogP contribution is 2.40. The Kier molecular flexibility index (Phi) is 14.5. The van der Waals surface area contributed by atoms with Gasteiger partial charge in [-0.15, -0.1) is 0 Å². The molecule has 1 heterocycles.